The van der Waals surface area contributed by atoms with Crippen LogP contribution in [0.5, 0.6) is 11.5 Å². The zero-order valence-corrected chi connectivity index (χ0v) is 12.4. The van der Waals surface area contributed by atoms with Crippen molar-refractivity contribution >= 4 is 11.6 Å². The van der Waals surface area contributed by atoms with E-state index in [-0.39, 0.29) is 6.10 Å². The summed E-state index contributed by atoms with van der Waals surface area (Å²) in [5.74, 6) is 1.57. The van der Waals surface area contributed by atoms with Crippen molar-refractivity contribution in [3.63, 3.8) is 0 Å². The predicted octanol–water partition coefficient (Wildman–Crippen LogP) is 3.74. The third-order valence-corrected chi connectivity index (χ3v) is 3.53. The zero-order chi connectivity index (χ0) is 14.5. The number of hydrogen-bond donors (Lipinski definition) is 1. The fourth-order valence-electron chi connectivity index (χ4n) is 1.93. The van der Waals surface area contributed by atoms with E-state index >= 15 is 0 Å². The van der Waals surface area contributed by atoms with Gasteiger partial charge in [-0.15, -0.1) is 0 Å². The van der Waals surface area contributed by atoms with Gasteiger partial charge in [-0.1, -0.05) is 23.7 Å². The summed E-state index contributed by atoms with van der Waals surface area (Å²) in [6.45, 7) is 2.34. The molecule has 0 bridgehead atoms. The van der Waals surface area contributed by atoms with Crippen molar-refractivity contribution in [3.8, 4) is 11.5 Å². The molecule has 2 aromatic rings. The molecule has 0 aliphatic heterocycles. The maximum absolute atomic E-state index is 6.01. The van der Waals surface area contributed by atoms with Gasteiger partial charge in [-0.05, 0) is 48.4 Å². The molecule has 0 saturated heterocycles. The highest BCUT2D eigenvalue weighted by molar-refractivity contribution is 6.31. The van der Waals surface area contributed by atoms with E-state index in [4.69, 9.17) is 26.8 Å². The number of hydrogen-bond acceptors (Lipinski definition) is 3. The summed E-state index contributed by atoms with van der Waals surface area (Å²) in [4.78, 5) is 0. The van der Waals surface area contributed by atoms with Gasteiger partial charge in [0.15, 0.2) is 0 Å². The van der Waals surface area contributed by atoms with Crippen LogP contribution >= 0.6 is 11.6 Å². The summed E-state index contributed by atoms with van der Waals surface area (Å²) in [7, 11) is 1.64. The normalized spacial score (nSPS) is 12.0. The average molecular weight is 292 g/mol. The Hall–Kier alpha value is -1.71. The Morgan fingerprint density at radius 3 is 2.30 bits per heavy atom. The third kappa shape index (κ3) is 3.44. The number of rotatable bonds is 5. The standard InChI is InChI=1S/C16H18ClNO2/c1-11-9-14(7-8-15(11)17)20-16(10-18)12-3-5-13(19-2)6-4-12/h3-9,16H,10,18H2,1-2H3. The molecule has 1 unspecified atom stereocenters. The monoisotopic (exact) mass is 291 g/mol. The van der Waals surface area contributed by atoms with Crippen LogP contribution in [0.1, 0.15) is 17.2 Å². The summed E-state index contributed by atoms with van der Waals surface area (Å²) in [5.41, 5.74) is 7.80. The fraction of sp³-hybridized carbons (Fsp3) is 0.250. The highest BCUT2D eigenvalue weighted by Gasteiger charge is 2.12. The van der Waals surface area contributed by atoms with E-state index in [0.29, 0.717) is 6.54 Å². The summed E-state index contributed by atoms with van der Waals surface area (Å²) < 4.78 is 11.1. The fourth-order valence-corrected chi connectivity index (χ4v) is 2.04. The molecule has 1 atom stereocenters. The van der Waals surface area contributed by atoms with Crippen LogP contribution < -0.4 is 15.2 Å². The van der Waals surface area contributed by atoms with Gasteiger partial charge < -0.3 is 15.2 Å². The first-order chi connectivity index (χ1) is 9.63. The number of benzene rings is 2. The number of aryl methyl sites for hydroxylation is 1. The Balaban J connectivity index is 2.16. The first-order valence-corrected chi connectivity index (χ1v) is 6.78. The molecule has 2 rings (SSSR count). The van der Waals surface area contributed by atoms with Gasteiger partial charge in [0, 0.05) is 11.6 Å². The molecule has 0 heterocycles. The Labute approximate surface area is 124 Å². The summed E-state index contributed by atoms with van der Waals surface area (Å²) in [6, 6.07) is 13.3. The zero-order valence-electron chi connectivity index (χ0n) is 11.6. The van der Waals surface area contributed by atoms with Gasteiger partial charge >= 0.3 is 0 Å². The smallest absolute Gasteiger partial charge is 0.136 e. The molecule has 0 saturated carbocycles. The van der Waals surface area contributed by atoms with E-state index in [1.807, 2.05) is 49.4 Å². The van der Waals surface area contributed by atoms with Crippen LogP contribution in [0.3, 0.4) is 0 Å². The van der Waals surface area contributed by atoms with Crippen molar-refractivity contribution in [1.82, 2.24) is 0 Å². The van der Waals surface area contributed by atoms with Crippen molar-refractivity contribution in [2.45, 2.75) is 13.0 Å². The topological polar surface area (TPSA) is 44.5 Å². The molecule has 2 aromatic carbocycles. The second-order valence-corrected chi connectivity index (χ2v) is 4.93. The average Bonchev–Trinajstić information content (AvgIpc) is 2.48. The van der Waals surface area contributed by atoms with Gasteiger partial charge in [0.1, 0.15) is 17.6 Å². The Bertz CT molecular complexity index is 569. The maximum atomic E-state index is 6.01. The molecule has 3 nitrogen and oxygen atoms in total. The first kappa shape index (κ1) is 14.7. The van der Waals surface area contributed by atoms with Crippen LogP contribution in [0.2, 0.25) is 5.02 Å². The Morgan fingerprint density at radius 2 is 1.75 bits per heavy atom. The molecule has 0 spiro atoms. The van der Waals surface area contributed by atoms with E-state index in [9.17, 15) is 0 Å². The van der Waals surface area contributed by atoms with Gasteiger partial charge in [-0.25, -0.2) is 0 Å². The predicted molar refractivity (Wildman–Crippen MR) is 81.6 cm³/mol. The van der Waals surface area contributed by atoms with Gasteiger partial charge in [0.05, 0.1) is 7.11 Å². The van der Waals surface area contributed by atoms with Crippen LogP contribution in [-0.4, -0.2) is 13.7 Å². The van der Waals surface area contributed by atoms with E-state index < -0.39 is 0 Å². The van der Waals surface area contributed by atoms with Crippen molar-refractivity contribution in [3.05, 3.63) is 58.6 Å². The minimum absolute atomic E-state index is 0.193. The summed E-state index contributed by atoms with van der Waals surface area (Å²) in [6.07, 6.45) is -0.193. The second kappa shape index (κ2) is 6.64. The maximum Gasteiger partial charge on any atom is 0.136 e. The van der Waals surface area contributed by atoms with Crippen LogP contribution in [0.15, 0.2) is 42.5 Å². The lowest BCUT2D eigenvalue weighted by Gasteiger charge is -2.18. The molecule has 2 N–H and O–H groups in total. The molecule has 4 heteroatoms. The minimum Gasteiger partial charge on any atom is -0.497 e. The van der Waals surface area contributed by atoms with E-state index in [2.05, 4.69) is 0 Å². The van der Waals surface area contributed by atoms with Crippen molar-refractivity contribution in [1.29, 1.82) is 0 Å². The SMILES string of the molecule is COc1ccc(C(CN)Oc2ccc(Cl)c(C)c2)cc1. The number of methoxy groups -OCH3 is 1. The van der Waals surface area contributed by atoms with E-state index in [1.54, 1.807) is 7.11 Å². The van der Waals surface area contributed by atoms with Gasteiger partial charge in [-0.2, -0.15) is 0 Å². The van der Waals surface area contributed by atoms with Gasteiger partial charge in [0.2, 0.25) is 0 Å². The van der Waals surface area contributed by atoms with Crippen molar-refractivity contribution in [2.24, 2.45) is 5.73 Å². The van der Waals surface area contributed by atoms with Crippen LogP contribution in [0.25, 0.3) is 0 Å². The van der Waals surface area contributed by atoms with Crippen molar-refractivity contribution in [2.75, 3.05) is 13.7 Å². The molecular formula is C16H18ClNO2. The highest BCUT2D eigenvalue weighted by Crippen LogP contribution is 2.26. The highest BCUT2D eigenvalue weighted by atomic mass is 35.5. The summed E-state index contributed by atoms with van der Waals surface area (Å²) in [5, 5.41) is 0.728. The molecule has 0 aliphatic rings. The molecule has 0 aliphatic carbocycles. The second-order valence-electron chi connectivity index (χ2n) is 4.53. The first-order valence-electron chi connectivity index (χ1n) is 6.41. The largest absolute Gasteiger partial charge is 0.497 e. The molecule has 0 fully saturated rings. The lowest BCUT2D eigenvalue weighted by molar-refractivity contribution is 0.214. The van der Waals surface area contributed by atoms with E-state index in [1.165, 1.54) is 0 Å². The van der Waals surface area contributed by atoms with Gasteiger partial charge in [-0.3, -0.25) is 0 Å². The summed E-state index contributed by atoms with van der Waals surface area (Å²) >= 11 is 6.01. The van der Waals surface area contributed by atoms with E-state index in [0.717, 1.165) is 27.6 Å². The molecule has 106 valence electrons. The number of halogens is 1. The minimum atomic E-state index is -0.193. The van der Waals surface area contributed by atoms with Crippen LogP contribution in [-0.2, 0) is 0 Å². The molecular weight excluding hydrogens is 274 g/mol. The Morgan fingerprint density at radius 1 is 1.10 bits per heavy atom. The van der Waals surface area contributed by atoms with Crippen LogP contribution in [0, 0.1) is 6.92 Å². The Kier molecular flexibility index (Phi) is 4.88. The molecule has 0 aromatic heterocycles. The van der Waals surface area contributed by atoms with Gasteiger partial charge in [0.25, 0.3) is 0 Å². The third-order valence-electron chi connectivity index (χ3n) is 3.11. The molecule has 0 radical (unpaired) electrons. The number of nitrogens with two attached hydrogens (primary N) is 1. The molecule has 0 amide bonds. The van der Waals surface area contributed by atoms with Crippen molar-refractivity contribution < 1.29 is 9.47 Å². The quantitative estimate of drug-likeness (QED) is 0.913. The number of ether oxygens (including phenoxy) is 2. The lowest BCUT2D eigenvalue weighted by atomic mass is 10.1. The van der Waals surface area contributed by atoms with Crippen LogP contribution in [0.4, 0.5) is 0 Å². The lowest BCUT2D eigenvalue weighted by Crippen LogP contribution is -2.18. The molecule has 20 heavy (non-hydrogen) atoms.